The summed E-state index contributed by atoms with van der Waals surface area (Å²) in [6.45, 7) is 0.582. The number of carboxylic acids is 1. The monoisotopic (exact) mass is 560 g/mol. The molecule has 1 aliphatic heterocycles. The van der Waals surface area contributed by atoms with E-state index in [2.05, 4.69) is 4.90 Å². The average molecular weight is 562 g/mol. The number of likely N-dealkylation sites (N-methyl/N-ethyl adjacent to an activating group) is 1. The summed E-state index contributed by atoms with van der Waals surface area (Å²) in [7, 11) is -1.62. The average Bonchev–Trinajstić information content (AvgIpc) is 2.97. The molecular formula is C28H30Cl2N2O4S. The quantitative estimate of drug-likeness (QED) is 0.297. The van der Waals surface area contributed by atoms with E-state index >= 15 is 0 Å². The van der Waals surface area contributed by atoms with Gasteiger partial charge in [0.2, 0.25) is 0 Å². The van der Waals surface area contributed by atoms with Gasteiger partial charge in [0.05, 0.1) is 26.2 Å². The summed E-state index contributed by atoms with van der Waals surface area (Å²) in [6, 6.07) is 17.9. The summed E-state index contributed by atoms with van der Waals surface area (Å²) in [5.74, 6) is -0.811. The molecule has 196 valence electrons. The van der Waals surface area contributed by atoms with Crippen molar-refractivity contribution in [2.75, 3.05) is 18.5 Å². The maximum absolute atomic E-state index is 11.8. The largest absolute Gasteiger partial charge is 0.478 e. The molecule has 1 aliphatic carbocycles. The van der Waals surface area contributed by atoms with Crippen molar-refractivity contribution in [1.29, 1.82) is 0 Å². The van der Waals surface area contributed by atoms with E-state index in [1.807, 2.05) is 30.3 Å². The molecule has 0 saturated heterocycles. The summed E-state index contributed by atoms with van der Waals surface area (Å²) in [6.07, 6.45) is 5.59. The maximum atomic E-state index is 11.8. The number of benzene rings is 3. The number of para-hydroxylation sites is 1. The number of anilines is 2. The van der Waals surface area contributed by atoms with Gasteiger partial charge in [0, 0.05) is 36.4 Å². The Bertz CT molecular complexity index is 1320. The van der Waals surface area contributed by atoms with Gasteiger partial charge in [0.25, 0.3) is 0 Å². The molecule has 1 unspecified atom stereocenters. The first-order valence-corrected chi connectivity index (χ1v) is 14.7. The molecule has 1 saturated carbocycles. The van der Waals surface area contributed by atoms with E-state index in [1.54, 1.807) is 35.6 Å². The van der Waals surface area contributed by atoms with Gasteiger partial charge in [-0.25, -0.2) is 4.79 Å². The van der Waals surface area contributed by atoms with Gasteiger partial charge < -0.3 is 10.0 Å². The molecule has 37 heavy (non-hydrogen) atoms. The first-order valence-electron chi connectivity index (χ1n) is 12.4. The molecular weight excluding hydrogens is 531 g/mol. The van der Waals surface area contributed by atoms with Crippen LogP contribution in [0.3, 0.4) is 0 Å². The van der Waals surface area contributed by atoms with Gasteiger partial charge >= 0.3 is 5.97 Å². The zero-order valence-corrected chi connectivity index (χ0v) is 22.8. The Balaban J connectivity index is 1.71. The maximum Gasteiger partial charge on any atom is 0.337 e. The van der Waals surface area contributed by atoms with Gasteiger partial charge in [0.15, 0.2) is 0 Å². The molecule has 0 aromatic heterocycles. The zero-order valence-electron chi connectivity index (χ0n) is 20.5. The Morgan fingerprint density at radius 2 is 1.65 bits per heavy atom. The van der Waals surface area contributed by atoms with Crippen LogP contribution in [0.1, 0.15) is 42.5 Å². The third kappa shape index (κ3) is 4.85. The molecule has 1 atom stereocenters. The Labute approximate surface area is 228 Å². The molecule has 6 nitrogen and oxygen atoms in total. The van der Waals surface area contributed by atoms with E-state index in [1.165, 1.54) is 12.5 Å². The van der Waals surface area contributed by atoms with E-state index in [9.17, 15) is 19.0 Å². The lowest BCUT2D eigenvalue weighted by molar-refractivity contribution is 0.0697. The lowest BCUT2D eigenvalue weighted by Gasteiger charge is -2.46. The molecule has 9 heteroatoms. The van der Waals surface area contributed by atoms with Crippen molar-refractivity contribution in [3.8, 4) is 11.1 Å². The van der Waals surface area contributed by atoms with E-state index in [0.717, 1.165) is 31.4 Å². The fourth-order valence-corrected chi connectivity index (χ4v) is 7.87. The Morgan fingerprint density at radius 1 is 0.946 bits per heavy atom. The van der Waals surface area contributed by atoms with Crippen LogP contribution in [0, 0.1) is 5.92 Å². The number of carboxylic acid groups (broad SMARTS) is 1. The molecule has 1 heterocycles. The van der Waals surface area contributed by atoms with Gasteiger partial charge in [-0.3, -0.25) is 9.11 Å². The van der Waals surface area contributed by atoms with Crippen LogP contribution >= 0.6 is 34.0 Å². The minimum absolute atomic E-state index is 0.0443. The van der Waals surface area contributed by atoms with Gasteiger partial charge in [-0.05, 0) is 49.1 Å². The number of nitrogens with zero attached hydrogens (tertiary/aromatic N) is 2. The Hall–Kier alpha value is -2.26. The van der Waals surface area contributed by atoms with Crippen LogP contribution in [0.4, 0.5) is 11.4 Å². The number of carbonyl (C=O) groups is 1. The number of hydrogen-bond donors (Lipinski definition) is 3. The van der Waals surface area contributed by atoms with Crippen LogP contribution in [0.5, 0.6) is 0 Å². The van der Waals surface area contributed by atoms with Gasteiger partial charge in [0.1, 0.15) is 0 Å². The van der Waals surface area contributed by atoms with Crippen LogP contribution in [-0.2, 0) is 0 Å². The number of rotatable bonds is 4. The first-order chi connectivity index (χ1) is 17.7. The second kappa shape index (κ2) is 10.5. The molecule has 5 rings (SSSR count). The van der Waals surface area contributed by atoms with E-state index in [4.69, 9.17) is 23.2 Å². The molecule has 2 aliphatic rings. The molecule has 3 aromatic carbocycles. The van der Waals surface area contributed by atoms with Gasteiger partial charge in [-0.2, -0.15) is 4.31 Å². The molecule has 0 amide bonds. The van der Waals surface area contributed by atoms with Crippen molar-refractivity contribution >= 4 is 51.3 Å². The predicted molar refractivity (Wildman–Crippen MR) is 152 cm³/mol. The second-order valence-corrected chi connectivity index (χ2v) is 12.6. The third-order valence-electron chi connectivity index (χ3n) is 7.65. The molecule has 0 bridgehead atoms. The zero-order chi connectivity index (χ0) is 26.3. The Kier molecular flexibility index (Phi) is 7.47. The summed E-state index contributed by atoms with van der Waals surface area (Å²) in [4.78, 5) is 14.2. The van der Waals surface area contributed by atoms with Crippen molar-refractivity contribution < 1.29 is 19.0 Å². The molecule has 3 N–H and O–H groups in total. The van der Waals surface area contributed by atoms with Gasteiger partial charge in [-0.15, -0.1) is 10.8 Å². The topological polar surface area (TPSA) is 84.2 Å². The van der Waals surface area contributed by atoms with Crippen LogP contribution in [0.2, 0.25) is 10.0 Å². The van der Waals surface area contributed by atoms with E-state index in [-0.39, 0.29) is 16.6 Å². The standard InChI is InChI=1S/C28H30Cl2N2O4S/c1-31-25(18-9-4-2-5-10-18)17-32(19-11-6-3-7-12-19)24-16-23(29)22(15-26(24)37(31,35)36)20-13-8-14-21(27(20)30)28(33)34/h3,6-8,11-16,18,25,35-36H,2,4-5,9-10,17H2,1H3,(H,33,34). The highest BCUT2D eigenvalue weighted by atomic mass is 35.5. The summed E-state index contributed by atoms with van der Waals surface area (Å²) >= 11 is 13.3. The SMILES string of the molecule is CN1C(C2CCCCC2)CN(c2ccccc2)c2cc(Cl)c(-c3cccc(C(=O)O)c3Cl)cc2S1(O)O. The number of aromatic carboxylic acids is 1. The minimum atomic E-state index is -3.41. The fraction of sp³-hybridized carbons (Fsp3) is 0.321. The fourth-order valence-electron chi connectivity index (χ4n) is 5.65. The predicted octanol–water partition coefficient (Wildman–Crippen LogP) is 8.42. The van der Waals surface area contributed by atoms with Gasteiger partial charge in [-0.1, -0.05) is 72.8 Å². The molecule has 3 aromatic rings. The smallest absolute Gasteiger partial charge is 0.337 e. The van der Waals surface area contributed by atoms with Crippen molar-refractivity contribution in [3.63, 3.8) is 0 Å². The third-order valence-corrected chi connectivity index (χ3v) is 10.4. The number of hydrogen-bond acceptors (Lipinski definition) is 5. The second-order valence-electron chi connectivity index (χ2n) is 9.75. The molecule has 0 spiro atoms. The van der Waals surface area contributed by atoms with Crippen LogP contribution in [0.15, 0.2) is 65.6 Å². The summed E-state index contributed by atoms with van der Waals surface area (Å²) < 4.78 is 25.3. The van der Waals surface area contributed by atoms with E-state index < -0.39 is 16.7 Å². The summed E-state index contributed by atoms with van der Waals surface area (Å²) in [5.41, 5.74) is 2.38. The first kappa shape index (κ1) is 26.4. The van der Waals surface area contributed by atoms with Crippen LogP contribution < -0.4 is 4.90 Å². The van der Waals surface area contributed by atoms with Crippen LogP contribution in [-0.4, -0.2) is 44.1 Å². The minimum Gasteiger partial charge on any atom is -0.478 e. The van der Waals surface area contributed by atoms with Crippen molar-refractivity contribution in [1.82, 2.24) is 4.31 Å². The van der Waals surface area contributed by atoms with Crippen LogP contribution in [0.25, 0.3) is 11.1 Å². The lowest BCUT2D eigenvalue weighted by atomic mass is 9.83. The highest BCUT2D eigenvalue weighted by Crippen LogP contribution is 2.60. The van der Waals surface area contributed by atoms with Crippen molar-refractivity contribution in [2.45, 2.75) is 43.0 Å². The number of fused-ring (bicyclic) bond motifs is 1. The number of halogens is 2. The highest BCUT2D eigenvalue weighted by Gasteiger charge is 2.41. The summed E-state index contributed by atoms with van der Waals surface area (Å²) in [5, 5.41) is 9.96. The van der Waals surface area contributed by atoms with Crippen molar-refractivity contribution in [3.05, 3.63) is 76.3 Å². The molecule has 0 radical (unpaired) electrons. The Morgan fingerprint density at radius 3 is 2.32 bits per heavy atom. The lowest BCUT2D eigenvalue weighted by Crippen LogP contribution is -2.45. The molecule has 1 fully saturated rings. The van der Waals surface area contributed by atoms with Crippen molar-refractivity contribution in [2.24, 2.45) is 5.92 Å². The normalized spacial score (nSPS) is 21.2. The highest BCUT2D eigenvalue weighted by molar-refractivity contribution is 8.22. The van der Waals surface area contributed by atoms with E-state index in [0.29, 0.717) is 39.2 Å².